The van der Waals surface area contributed by atoms with Crippen LogP contribution in [0.1, 0.15) is 17.5 Å². The molecule has 0 unspecified atom stereocenters. The van der Waals surface area contributed by atoms with E-state index in [0.717, 1.165) is 33.0 Å². The minimum Gasteiger partial charge on any atom is -0.464 e. The van der Waals surface area contributed by atoms with Gasteiger partial charge >= 0.3 is 0 Å². The minimum absolute atomic E-state index is 0.0512. The first-order valence-electron chi connectivity index (χ1n) is 7.18. The van der Waals surface area contributed by atoms with E-state index in [0.29, 0.717) is 13.0 Å². The second-order valence-corrected chi connectivity index (χ2v) is 6.02. The van der Waals surface area contributed by atoms with Gasteiger partial charge in [-0.2, -0.15) is 0 Å². The van der Waals surface area contributed by atoms with Crippen LogP contribution in [0.25, 0.3) is 11.0 Å². The summed E-state index contributed by atoms with van der Waals surface area (Å²) in [6.45, 7) is 0.519. The lowest BCUT2D eigenvalue weighted by molar-refractivity contribution is -0.121. The molecular weight excluding hydrogens is 342 g/mol. The maximum Gasteiger partial charge on any atom is 0.220 e. The molecule has 0 aliphatic rings. The lowest BCUT2D eigenvalue weighted by Crippen LogP contribution is -2.23. The number of rotatable bonds is 5. The Morgan fingerprint density at radius 2 is 2.00 bits per heavy atom. The molecule has 2 aromatic carbocycles. The van der Waals surface area contributed by atoms with Gasteiger partial charge < -0.3 is 9.73 Å². The molecule has 3 nitrogen and oxygen atoms in total. The van der Waals surface area contributed by atoms with Crippen LogP contribution in [0, 0.1) is 0 Å². The fourth-order valence-corrected chi connectivity index (χ4v) is 2.83. The molecule has 0 saturated carbocycles. The van der Waals surface area contributed by atoms with Gasteiger partial charge in [-0.3, -0.25) is 4.79 Å². The summed E-state index contributed by atoms with van der Waals surface area (Å²) < 4.78 is 6.41. The van der Waals surface area contributed by atoms with Gasteiger partial charge in [0.2, 0.25) is 5.91 Å². The SMILES string of the molecule is O=C(CCc1ccccc1Br)NCc1ccc2ccoc2c1. The fourth-order valence-electron chi connectivity index (χ4n) is 2.35. The Hall–Kier alpha value is -2.07. The molecule has 3 rings (SSSR count). The van der Waals surface area contributed by atoms with E-state index in [4.69, 9.17) is 4.42 Å². The van der Waals surface area contributed by atoms with Crippen LogP contribution in [0.3, 0.4) is 0 Å². The summed E-state index contributed by atoms with van der Waals surface area (Å²) >= 11 is 3.50. The molecule has 0 aliphatic carbocycles. The molecule has 22 heavy (non-hydrogen) atoms. The van der Waals surface area contributed by atoms with Crippen molar-refractivity contribution in [1.29, 1.82) is 0 Å². The largest absolute Gasteiger partial charge is 0.464 e. The van der Waals surface area contributed by atoms with Crippen molar-refractivity contribution < 1.29 is 9.21 Å². The lowest BCUT2D eigenvalue weighted by Gasteiger charge is -2.07. The number of benzene rings is 2. The van der Waals surface area contributed by atoms with E-state index in [1.165, 1.54) is 0 Å². The van der Waals surface area contributed by atoms with Crippen molar-refractivity contribution in [3.63, 3.8) is 0 Å². The minimum atomic E-state index is 0.0512. The summed E-state index contributed by atoms with van der Waals surface area (Å²) in [6.07, 6.45) is 2.88. The van der Waals surface area contributed by atoms with Gasteiger partial charge in [-0.15, -0.1) is 0 Å². The van der Waals surface area contributed by atoms with Crippen LogP contribution in [-0.2, 0) is 17.8 Å². The number of amides is 1. The highest BCUT2D eigenvalue weighted by atomic mass is 79.9. The van der Waals surface area contributed by atoms with Crippen molar-refractivity contribution in [2.45, 2.75) is 19.4 Å². The summed E-state index contributed by atoms with van der Waals surface area (Å²) in [7, 11) is 0. The Bertz CT molecular complexity index is 794. The number of carbonyl (C=O) groups is 1. The molecule has 0 spiro atoms. The highest BCUT2D eigenvalue weighted by Crippen LogP contribution is 2.18. The van der Waals surface area contributed by atoms with E-state index in [1.54, 1.807) is 6.26 Å². The van der Waals surface area contributed by atoms with Crippen molar-refractivity contribution in [2.24, 2.45) is 0 Å². The highest BCUT2D eigenvalue weighted by molar-refractivity contribution is 9.10. The predicted molar refractivity (Wildman–Crippen MR) is 90.5 cm³/mol. The number of nitrogens with one attached hydrogen (secondary N) is 1. The van der Waals surface area contributed by atoms with Crippen molar-refractivity contribution in [2.75, 3.05) is 0 Å². The van der Waals surface area contributed by atoms with Crippen molar-refractivity contribution in [1.82, 2.24) is 5.32 Å². The van der Waals surface area contributed by atoms with Gasteiger partial charge in [-0.25, -0.2) is 0 Å². The topological polar surface area (TPSA) is 42.2 Å². The van der Waals surface area contributed by atoms with Crippen molar-refractivity contribution in [3.8, 4) is 0 Å². The number of fused-ring (bicyclic) bond motifs is 1. The average Bonchev–Trinajstić information content (AvgIpc) is 2.99. The Morgan fingerprint density at radius 3 is 2.86 bits per heavy atom. The van der Waals surface area contributed by atoms with Gasteiger partial charge in [0.15, 0.2) is 0 Å². The first-order valence-corrected chi connectivity index (χ1v) is 7.98. The molecule has 1 aromatic heterocycles. The molecule has 0 saturated heterocycles. The number of carbonyl (C=O) groups excluding carboxylic acids is 1. The monoisotopic (exact) mass is 357 g/mol. The van der Waals surface area contributed by atoms with E-state index in [1.807, 2.05) is 48.5 Å². The zero-order valence-corrected chi connectivity index (χ0v) is 13.6. The van der Waals surface area contributed by atoms with E-state index in [2.05, 4.69) is 21.2 Å². The second-order valence-electron chi connectivity index (χ2n) is 5.16. The average molecular weight is 358 g/mol. The Labute approximate surface area is 137 Å². The standard InChI is InChI=1S/C18H16BrNO2/c19-16-4-2-1-3-14(16)7-8-18(21)20-12-13-5-6-15-9-10-22-17(15)11-13/h1-6,9-11H,7-8,12H2,(H,20,21). The van der Waals surface area contributed by atoms with E-state index in [-0.39, 0.29) is 5.91 Å². The van der Waals surface area contributed by atoms with Crippen LogP contribution in [0.2, 0.25) is 0 Å². The molecule has 0 bridgehead atoms. The molecule has 1 amide bonds. The van der Waals surface area contributed by atoms with Crippen molar-refractivity contribution >= 4 is 32.8 Å². The molecule has 0 aliphatic heterocycles. The first kappa shape index (κ1) is 14.9. The number of hydrogen-bond donors (Lipinski definition) is 1. The third-order valence-corrected chi connectivity index (χ3v) is 4.36. The van der Waals surface area contributed by atoms with Gasteiger partial charge in [-0.1, -0.05) is 46.3 Å². The Morgan fingerprint density at radius 1 is 1.14 bits per heavy atom. The maximum absolute atomic E-state index is 12.0. The molecular formula is C18H16BrNO2. The number of aryl methyl sites for hydroxylation is 1. The van der Waals surface area contributed by atoms with Crippen LogP contribution >= 0.6 is 15.9 Å². The van der Waals surface area contributed by atoms with Crippen molar-refractivity contribution in [3.05, 3.63) is 70.4 Å². The van der Waals surface area contributed by atoms with Gasteiger partial charge in [0, 0.05) is 22.8 Å². The van der Waals surface area contributed by atoms with Crippen LogP contribution in [-0.4, -0.2) is 5.91 Å². The van der Waals surface area contributed by atoms with Gasteiger partial charge in [0.05, 0.1) is 6.26 Å². The zero-order chi connectivity index (χ0) is 15.4. The van der Waals surface area contributed by atoms with Crippen LogP contribution in [0.5, 0.6) is 0 Å². The third kappa shape index (κ3) is 3.57. The van der Waals surface area contributed by atoms with Gasteiger partial charge in [0.25, 0.3) is 0 Å². The summed E-state index contributed by atoms with van der Waals surface area (Å²) in [4.78, 5) is 12.0. The number of hydrogen-bond acceptors (Lipinski definition) is 2. The number of halogens is 1. The molecule has 0 radical (unpaired) electrons. The predicted octanol–water partition coefficient (Wildman–Crippen LogP) is 4.44. The molecule has 1 heterocycles. The fraction of sp³-hybridized carbons (Fsp3) is 0.167. The summed E-state index contributed by atoms with van der Waals surface area (Å²) in [5.74, 6) is 0.0512. The summed E-state index contributed by atoms with van der Waals surface area (Å²) in [5, 5.41) is 4.02. The van der Waals surface area contributed by atoms with Crippen LogP contribution < -0.4 is 5.32 Å². The molecule has 112 valence electrons. The summed E-state index contributed by atoms with van der Waals surface area (Å²) in [5.41, 5.74) is 3.03. The van der Waals surface area contributed by atoms with Gasteiger partial charge in [0.1, 0.15) is 5.58 Å². The molecule has 1 N–H and O–H groups in total. The van der Waals surface area contributed by atoms with E-state index >= 15 is 0 Å². The van der Waals surface area contributed by atoms with E-state index in [9.17, 15) is 4.79 Å². The molecule has 0 atom stereocenters. The Kier molecular flexibility index (Phi) is 4.59. The quantitative estimate of drug-likeness (QED) is 0.733. The van der Waals surface area contributed by atoms with Crippen LogP contribution in [0.15, 0.2) is 63.7 Å². The molecule has 3 aromatic rings. The van der Waals surface area contributed by atoms with E-state index < -0.39 is 0 Å². The zero-order valence-electron chi connectivity index (χ0n) is 12.0. The Balaban J connectivity index is 1.52. The smallest absolute Gasteiger partial charge is 0.220 e. The normalized spacial score (nSPS) is 10.8. The highest BCUT2D eigenvalue weighted by Gasteiger charge is 2.05. The lowest BCUT2D eigenvalue weighted by atomic mass is 10.1. The number of furan rings is 1. The second kappa shape index (κ2) is 6.79. The first-order chi connectivity index (χ1) is 10.7. The maximum atomic E-state index is 12.0. The van der Waals surface area contributed by atoms with Crippen LogP contribution in [0.4, 0.5) is 0 Å². The summed E-state index contributed by atoms with van der Waals surface area (Å²) in [6, 6.07) is 15.9. The molecule has 4 heteroatoms. The third-order valence-electron chi connectivity index (χ3n) is 3.59. The molecule has 0 fully saturated rings. The van der Waals surface area contributed by atoms with Gasteiger partial charge in [-0.05, 0) is 35.7 Å².